The topological polar surface area (TPSA) is 51.4 Å². The molecule has 2 aromatic rings. The third kappa shape index (κ3) is 4.10. The number of aromatic nitrogens is 2. The molecule has 1 fully saturated rings. The Balaban J connectivity index is 1.54. The van der Waals surface area contributed by atoms with Gasteiger partial charge in [0.15, 0.2) is 5.82 Å². The number of hydrogen-bond donors (Lipinski definition) is 0. The molecule has 5 heteroatoms. The van der Waals surface area contributed by atoms with E-state index in [0.29, 0.717) is 18.5 Å². The molecule has 1 aliphatic heterocycles. The summed E-state index contributed by atoms with van der Waals surface area (Å²) >= 11 is 0. The molecule has 23 heavy (non-hydrogen) atoms. The largest absolute Gasteiger partial charge is 0.494 e. The van der Waals surface area contributed by atoms with Gasteiger partial charge in [-0.25, -0.2) is 0 Å². The van der Waals surface area contributed by atoms with Crippen molar-refractivity contribution in [3.8, 4) is 5.75 Å². The maximum atomic E-state index is 5.53. The van der Waals surface area contributed by atoms with Gasteiger partial charge in [0.05, 0.1) is 6.61 Å². The summed E-state index contributed by atoms with van der Waals surface area (Å²) in [5.74, 6) is 2.42. The highest BCUT2D eigenvalue weighted by Gasteiger charge is 2.25. The van der Waals surface area contributed by atoms with Crippen molar-refractivity contribution < 1.29 is 9.26 Å². The molecule has 1 saturated heterocycles. The predicted molar refractivity (Wildman–Crippen MR) is 88.5 cm³/mol. The molecule has 0 bridgehead atoms. The van der Waals surface area contributed by atoms with Gasteiger partial charge in [0.1, 0.15) is 5.75 Å². The van der Waals surface area contributed by atoms with Gasteiger partial charge in [0, 0.05) is 12.5 Å². The molecule has 1 aromatic heterocycles. The molecule has 0 saturated carbocycles. The lowest BCUT2D eigenvalue weighted by molar-refractivity contribution is 0.249. The average Bonchev–Trinajstić information content (AvgIpc) is 3.18. The Morgan fingerprint density at radius 1 is 1.30 bits per heavy atom. The van der Waals surface area contributed by atoms with Crippen LogP contribution >= 0.6 is 0 Å². The van der Waals surface area contributed by atoms with Crippen LogP contribution in [0.5, 0.6) is 5.75 Å². The van der Waals surface area contributed by atoms with Gasteiger partial charge in [-0.05, 0) is 63.9 Å². The molecule has 124 valence electrons. The molecule has 0 amide bonds. The quantitative estimate of drug-likeness (QED) is 0.782. The highest BCUT2D eigenvalue weighted by atomic mass is 16.5. The molecule has 1 atom stereocenters. The fourth-order valence-corrected chi connectivity index (χ4v) is 3.30. The zero-order valence-electron chi connectivity index (χ0n) is 14.0. The lowest BCUT2D eigenvalue weighted by Gasteiger charge is -2.24. The van der Waals surface area contributed by atoms with Gasteiger partial charge in [-0.3, -0.25) is 4.90 Å². The second-order valence-electron chi connectivity index (χ2n) is 6.03. The van der Waals surface area contributed by atoms with Gasteiger partial charge < -0.3 is 9.26 Å². The summed E-state index contributed by atoms with van der Waals surface area (Å²) in [5, 5.41) is 3.84. The smallest absolute Gasteiger partial charge is 0.226 e. The molecule has 0 unspecified atom stereocenters. The summed E-state index contributed by atoms with van der Waals surface area (Å²) in [4.78, 5) is 6.84. The Hall–Kier alpha value is -1.88. The number of ether oxygens (including phenoxy) is 1. The number of benzene rings is 1. The molecule has 5 nitrogen and oxygen atoms in total. The van der Waals surface area contributed by atoms with Gasteiger partial charge in [-0.1, -0.05) is 17.3 Å². The standard InChI is InChI=1S/C18H25N3O2/c1-3-22-16-10-8-15(9-11-16)17-6-4-12-21(17)13-5-7-18-19-14(2)20-23-18/h8-11,17H,3-7,12-13H2,1-2H3/t17-/m0/s1. The van der Waals surface area contributed by atoms with Crippen molar-refractivity contribution in [1.29, 1.82) is 0 Å². The van der Waals surface area contributed by atoms with Gasteiger partial charge in [-0.15, -0.1) is 0 Å². The van der Waals surface area contributed by atoms with E-state index in [1.54, 1.807) is 0 Å². The second kappa shape index (κ2) is 7.59. The number of rotatable bonds is 7. The zero-order chi connectivity index (χ0) is 16.1. The van der Waals surface area contributed by atoms with Gasteiger partial charge in [-0.2, -0.15) is 4.98 Å². The predicted octanol–water partition coefficient (Wildman–Crippen LogP) is 3.55. The molecular weight excluding hydrogens is 290 g/mol. The minimum Gasteiger partial charge on any atom is -0.494 e. The van der Waals surface area contributed by atoms with Crippen molar-refractivity contribution in [2.24, 2.45) is 0 Å². The van der Waals surface area contributed by atoms with Crippen LogP contribution in [0.25, 0.3) is 0 Å². The molecule has 0 spiro atoms. The van der Waals surface area contributed by atoms with E-state index in [9.17, 15) is 0 Å². The summed E-state index contributed by atoms with van der Waals surface area (Å²) < 4.78 is 10.7. The first-order chi connectivity index (χ1) is 11.3. The van der Waals surface area contributed by atoms with Crippen molar-refractivity contribution in [1.82, 2.24) is 15.0 Å². The lowest BCUT2D eigenvalue weighted by atomic mass is 10.0. The SMILES string of the molecule is CCOc1ccc([C@@H]2CCCN2CCCc2nc(C)no2)cc1. The third-order valence-corrected chi connectivity index (χ3v) is 4.35. The van der Waals surface area contributed by atoms with E-state index < -0.39 is 0 Å². The minimum atomic E-state index is 0.523. The van der Waals surface area contributed by atoms with Crippen LogP contribution in [0.3, 0.4) is 0 Å². The Labute approximate surface area is 137 Å². The van der Waals surface area contributed by atoms with Crippen LogP contribution in [0.15, 0.2) is 28.8 Å². The normalized spacial score (nSPS) is 18.4. The number of hydrogen-bond acceptors (Lipinski definition) is 5. The van der Waals surface area contributed by atoms with Crippen LogP contribution in [-0.2, 0) is 6.42 Å². The monoisotopic (exact) mass is 315 g/mol. The summed E-state index contributed by atoms with van der Waals surface area (Å²) in [6.07, 6.45) is 4.40. The van der Waals surface area contributed by atoms with Crippen LogP contribution in [-0.4, -0.2) is 34.7 Å². The van der Waals surface area contributed by atoms with Crippen molar-refractivity contribution in [3.05, 3.63) is 41.5 Å². The van der Waals surface area contributed by atoms with E-state index in [1.807, 2.05) is 13.8 Å². The Morgan fingerprint density at radius 2 is 2.13 bits per heavy atom. The van der Waals surface area contributed by atoms with Crippen LogP contribution in [0.1, 0.15) is 49.5 Å². The van der Waals surface area contributed by atoms with E-state index in [1.165, 1.54) is 24.9 Å². The summed E-state index contributed by atoms with van der Waals surface area (Å²) in [7, 11) is 0. The fourth-order valence-electron chi connectivity index (χ4n) is 3.30. The van der Waals surface area contributed by atoms with E-state index in [2.05, 4.69) is 39.3 Å². The van der Waals surface area contributed by atoms with Gasteiger partial charge in [0.2, 0.25) is 5.89 Å². The van der Waals surface area contributed by atoms with E-state index in [4.69, 9.17) is 9.26 Å². The molecule has 0 aliphatic carbocycles. The Morgan fingerprint density at radius 3 is 2.83 bits per heavy atom. The molecule has 2 heterocycles. The minimum absolute atomic E-state index is 0.523. The zero-order valence-corrected chi connectivity index (χ0v) is 14.0. The van der Waals surface area contributed by atoms with E-state index >= 15 is 0 Å². The number of aryl methyl sites for hydroxylation is 2. The van der Waals surface area contributed by atoms with E-state index in [-0.39, 0.29) is 0 Å². The fraction of sp³-hybridized carbons (Fsp3) is 0.556. The first-order valence-corrected chi connectivity index (χ1v) is 8.52. The molecule has 0 radical (unpaired) electrons. The van der Waals surface area contributed by atoms with Crippen molar-refractivity contribution >= 4 is 0 Å². The first kappa shape index (κ1) is 16.0. The first-order valence-electron chi connectivity index (χ1n) is 8.52. The highest BCUT2D eigenvalue weighted by Crippen LogP contribution is 2.32. The van der Waals surface area contributed by atoms with Gasteiger partial charge in [0.25, 0.3) is 0 Å². The molecule has 3 rings (SSSR count). The van der Waals surface area contributed by atoms with Crippen LogP contribution in [0.4, 0.5) is 0 Å². The summed E-state index contributed by atoms with van der Waals surface area (Å²) in [5.41, 5.74) is 1.39. The van der Waals surface area contributed by atoms with Crippen LogP contribution in [0, 0.1) is 6.92 Å². The molecule has 0 N–H and O–H groups in total. The number of nitrogens with zero attached hydrogens (tertiary/aromatic N) is 3. The summed E-state index contributed by atoms with van der Waals surface area (Å²) in [6.45, 7) is 6.82. The highest BCUT2D eigenvalue weighted by molar-refractivity contribution is 5.29. The van der Waals surface area contributed by atoms with Crippen molar-refractivity contribution in [3.63, 3.8) is 0 Å². The maximum absolute atomic E-state index is 5.53. The van der Waals surface area contributed by atoms with Gasteiger partial charge >= 0.3 is 0 Å². The van der Waals surface area contributed by atoms with Crippen LogP contribution < -0.4 is 4.74 Å². The van der Waals surface area contributed by atoms with Crippen LogP contribution in [0.2, 0.25) is 0 Å². The Bertz CT molecular complexity index is 609. The molecule has 1 aromatic carbocycles. The second-order valence-corrected chi connectivity index (χ2v) is 6.03. The average molecular weight is 315 g/mol. The van der Waals surface area contributed by atoms with Crippen molar-refractivity contribution in [2.45, 2.75) is 45.6 Å². The Kier molecular flexibility index (Phi) is 5.28. The molecule has 1 aliphatic rings. The third-order valence-electron chi connectivity index (χ3n) is 4.35. The molecular formula is C18H25N3O2. The van der Waals surface area contributed by atoms with Crippen molar-refractivity contribution in [2.75, 3.05) is 19.7 Å². The maximum Gasteiger partial charge on any atom is 0.226 e. The summed E-state index contributed by atoms with van der Waals surface area (Å²) in [6, 6.07) is 9.09. The number of likely N-dealkylation sites (tertiary alicyclic amines) is 1. The van der Waals surface area contributed by atoms with E-state index in [0.717, 1.165) is 31.0 Å². The lowest BCUT2D eigenvalue weighted by Crippen LogP contribution is -2.24.